The number of rotatable bonds is 6. The van der Waals surface area contributed by atoms with E-state index in [1.54, 1.807) is 0 Å². The quantitative estimate of drug-likeness (QED) is 0.506. The van der Waals surface area contributed by atoms with Gasteiger partial charge in [-0.15, -0.1) is 10.2 Å². The van der Waals surface area contributed by atoms with Crippen molar-refractivity contribution in [2.24, 2.45) is 0 Å². The highest BCUT2D eigenvalue weighted by molar-refractivity contribution is 5.89. The van der Waals surface area contributed by atoms with E-state index in [1.807, 2.05) is 0 Å². The van der Waals surface area contributed by atoms with Crippen LogP contribution in [0.5, 0.6) is 0 Å². The number of hydrogen-bond acceptors (Lipinski definition) is 5. The Morgan fingerprint density at radius 1 is 1.43 bits per heavy atom. The van der Waals surface area contributed by atoms with Crippen LogP contribution in [0.4, 0.5) is 0 Å². The van der Waals surface area contributed by atoms with E-state index in [0.29, 0.717) is 6.54 Å². The standard InChI is InChI=1S/C7H14N6O/c1-2-3-8-4-5-9-7(14)6-10-12-13-11-6/h8H,2-5H2,1H3,(H,9,14)(H,10,11,12,13). The van der Waals surface area contributed by atoms with Gasteiger partial charge in [-0.25, -0.2) is 0 Å². The van der Waals surface area contributed by atoms with E-state index < -0.39 is 0 Å². The van der Waals surface area contributed by atoms with E-state index in [9.17, 15) is 4.79 Å². The lowest BCUT2D eigenvalue weighted by molar-refractivity contribution is 0.0943. The van der Waals surface area contributed by atoms with E-state index in [0.717, 1.165) is 19.5 Å². The van der Waals surface area contributed by atoms with Gasteiger partial charge in [-0.1, -0.05) is 6.92 Å². The van der Waals surface area contributed by atoms with Gasteiger partial charge < -0.3 is 10.6 Å². The van der Waals surface area contributed by atoms with Crippen molar-refractivity contribution in [3.63, 3.8) is 0 Å². The minimum atomic E-state index is -0.308. The number of hydrogen-bond donors (Lipinski definition) is 3. The van der Waals surface area contributed by atoms with Crippen LogP contribution in [0.2, 0.25) is 0 Å². The maximum atomic E-state index is 11.2. The SMILES string of the molecule is CCCNCCNC(=O)c1nn[nH]n1. The van der Waals surface area contributed by atoms with Crippen molar-refractivity contribution >= 4 is 5.91 Å². The van der Waals surface area contributed by atoms with Gasteiger partial charge >= 0.3 is 0 Å². The Kier molecular flexibility index (Phi) is 4.56. The molecular formula is C7H14N6O. The second-order valence-corrected chi connectivity index (χ2v) is 2.74. The smallest absolute Gasteiger partial charge is 0.292 e. The maximum absolute atomic E-state index is 11.2. The molecule has 14 heavy (non-hydrogen) atoms. The molecule has 1 heterocycles. The van der Waals surface area contributed by atoms with Crippen molar-refractivity contribution in [3.05, 3.63) is 5.82 Å². The van der Waals surface area contributed by atoms with Crippen LogP contribution in [0.3, 0.4) is 0 Å². The molecule has 78 valence electrons. The van der Waals surface area contributed by atoms with Crippen LogP contribution in [0.1, 0.15) is 24.0 Å². The van der Waals surface area contributed by atoms with Gasteiger partial charge in [0, 0.05) is 13.1 Å². The summed E-state index contributed by atoms with van der Waals surface area (Å²) >= 11 is 0. The molecule has 3 N–H and O–H groups in total. The van der Waals surface area contributed by atoms with Gasteiger partial charge in [-0.05, 0) is 18.2 Å². The Morgan fingerprint density at radius 2 is 2.29 bits per heavy atom. The normalized spacial score (nSPS) is 10.1. The largest absolute Gasteiger partial charge is 0.348 e. The fraction of sp³-hybridized carbons (Fsp3) is 0.714. The van der Waals surface area contributed by atoms with E-state index in [1.165, 1.54) is 0 Å². The fourth-order valence-corrected chi connectivity index (χ4v) is 0.903. The zero-order chi connectivity index (χ0) is 10.2. The van der Waals surface area contributed by atoms with Crippen LogP contribution in [0, 0.1) is 0 Å². The molecule has 0 aromatic carbocycles. The number of amides is 1. The molecule has 7 heteroatoms. The highest BCUT2D eigenvalue weighted by Gasteiger charge is 2.08. The number of aromatic nitrogens is 4. The maximum Gasteiger partial charge on any atom is 0.292 e. The molecule has 0 atom stereocenters. The first kappa shape index (κ1) is 10.6. The second-order valence-electron chi connectivity index (χ2n) is 2.74. The van der Waals surface area contributed by atoms with Crippen molar-refractivity contribution in [1.29, 1.82) is 0 Å². The van der Waals surface area contributed by atoms with Gasteiger partial charge in [-0.3, -0.25) is 4.79 Å². The summed E-state index contributed by atoms with van der Waals surface area (Å²) in [7, 11) is 0. The van der Waals surface area contributed by atoms with Crippen LogP contribution in [-0.4, -0.2) is 46.2 Å². The topological polar surface area (TPSA) is 95.6 Å². The van der Waals surface area contributed by atoms with Gasteiger partial charge in [0.1, 0.15) is 0 Å². The number of nitrogens with zero attached hydrogens (tertiary/aromatic N) is 3. The van der Waals surface area contributed by atoms with Crippen molar-refractivity contribution in [1.82, 2.24) is 31.3 Å². The molecule has 0 aliphatic heterocycles. The second kappa shape index (κ2) is 6.03. The van der Waals surface area contributed by atoms with Gasteiger partial charge in [-0.2, -0.15) is 5.21 Å². The van der Waals surface area contributed by atoms with E-state index >= 15 is 0 Å². The average Bonchev–Trinajstić information content (AvgIpc) is 2.70. The lowest BCUT2D eigenvalue weighted by atomic mass is 10.4. The molecule has 0 fully saturated rings. The summed E-state index contributed by atoms with van der Waals surface area (Å²) in [5, 5.41) is 18.4. The van der Waals surface area contributed by atoms with E-state index in [-0.39, 0.29) is 11.7 Å². The zero-order valence-corrected chi connectivity index (χ0v) is 8.08. The van der Waals surface area contributed by atoms with Crippen LogP contribution in [-0.2, 0) is 0 Å². The lowest BCUT2D eigenvalue weighted by Gasteiger charge is -2.03. The molecule has 1 amide bonds. The van der Waals surface area contributed by atoms with Gasteiger partial charge in [0.05, 0.1) is 0 Å². The highest BCUT2D eigenvalue weighted by Crippen LogP contribution is 1.81. The highest BCUT2D eigenvalue weighted by atomic mass is 16.2. The van der Waals surface area contributed by atoms with Gasteiger partial charge in [0.25, 0.3) is 11.7 Å². The first-order chi connectivity index (χ1) is 6.84. The first-order valence-electron chi connectivity index (χ1n) is 4.57. The number of tetrazole rings is 1. The zero-order valence-electron chi connectivity index (χ0n) is 8.08. The number of carbonyl (C=O) groups is 1. The molecule has 0 spiro atoms. The third-order valence-electron chi connectivity index (χ3n) is 1.56. The fourth-order valence-electron chi connectivity index (χ4n) is 0.903. The molecule has 1 aromatic heterocycles. The Morgan fingerprint density at radius 3 is 2.93 bits per heavy atom. The summed E-state index contributed by atoms with van der Waals surface area (Å²) in [4.78, 5) is 11.2. The monoisotopic (exact) mass is 198 g/mol. The van der Waals surface area contributed by atoms with Crippen molar-refractivity contribution < 1.29 is 4.79 Å². The molecule has 7 nitrogen and oxygen atoms in total. The summed E-state index contributed by atoms with van der Waals surface area (Å²) in [5.74, 6) is -0.238. The Bertz CT molecular complexity index is 259. The summed E-state index contributed by atoms with van der Waals surface area (Å²) in [5.41, 5.74) is 0. The Labute approximate surface area is 81.7 Å². The first-order valence-corrected chi connectivity index (χ1v) is 4.57. The minimum absolute atomic E-state index is 0.0699. The molecule has 0 saturated heterocycles. The third kappa shape index (κ3) is 3.48. The summed E-state index contributed by atoms with van der Waals surface area (Å²) in [6.07, 6.45) is 1.08. The molecule has 0 radical (unpaired) electrons. The number of carbonyl (C=O) groups excluding carboxylic acids is 1. The average molecular weight is 198 g/mol. The predicted octanol–water partition coefficient (Wildman–Crippen LogP) is -1.07. The van der Waals surface area contributed by atoms with E-state index in [2.05, 4.69) is 38.2 Å². The molecule has 0 bridgehead atoms. The molecule has 0 saturated carbocycles. The molecule has 0 aliphatic carbocycles. The van der Waals surface area contributed by atoms with Gasteiger partial charge in [0.15, 0.2) is 0 Å². The minimum Gasteiger partial charge on any atom is -0.348 e. The lowest BCUT2D eigenvalue weighted by Crippen LogP contribution is -2.32. The van der Waals surface area contributed by atoms with Crippen molar-refractivity contribution in [2.45, 2.75) is 13.3 Å². The van der Waals surface area contributed by atoms with Crippen LogP contribution in [0.25, 0.3) is 0 Å². The molecule has 1 rings (SSSR count). The Balaban J connectivity index is 2.10. The predicted molar refractivity (Wildman–Crippen MR) is 49.7 cm³/mol. The van der Waals surface area contributed by atoms with Crippen molar-refractivity contribution in [2.75, 3.05) is 19.6 Å². The third-order valence-corrected chi connectivity index (χ3v) is 1.56. The van der Waals surface area contributed by atoms with Crippen molar-refractivity contribution in [3.8, 4) is 0 Å². The molecule has 0 unspecified atom stereocenters. The number of aromatic amines is 1. The molecule has 0 aliphatic rings. The van der Waals surface area contributed by atoms with E-state index in [4.69, 9.17) is 0 Å². The summed E-state index contributed by atoms with van der Waals surface area (Å²) in [6.45, 7) is 4.35. The van der Waals surface area contributed by atoms with Crippen LogP contribution in [0.15, 0.2) is 0 Å². The van der Waals surface area contributed by atoms with Crippen LogP contribution >= 0.6 is 0 Å². The summed E-state index contributed by atoms with van der Waals surface area (Å²) < 4.78 is 0. The Hall–Kier alpha value is -1.50. The van der Waals surface area contributed by atoms with Crippen LogP contribution < -0.4 is 10.6 Å². The van der Waals surface area contributed by atoms with Gasteiger partial charge in [0.2, 0.25) is 0 Å². The number of nitrogens with one attached hydrogen (secondary N) is 3. The summed E-state index contributed by atoms with van der Waals surface area (Å²) in [6, 6.07) is 0. The molecule has 1 aromatic rings. The molecular weight excluding hydrogens is 184 g/mol. The number of H-pyrrole nitrogens is 1.